The number of carbonyl (C=O) groups is 6. The summed E-state index contributed by atoms with van der Waals surface area (Å²) < 4.78 is 0. The number of hydrogen-bond acceptors (Lipinski definition) is 6. The molecule has 0 spiro atoms. The number of carbonyl (C=O) groups excluding carboxylic acids is 6. The van der Waals surface area contributed by atoms with E-state index in [9.17, 15) is 28.8 Å². The van der Waals surface area contributed by atoms with Gasteiger partial charge in [-0.3, -0.25) is 34.1 Å². The number of nitrogens with zero attached hydrogens (tertiary/aromatic N) is 1. The summed E-state index contributed by atoms with van der Waals surface area (Å²) in [5.41, 5.74) is 3.99. The molecule has 9 nitrogen and oxygen atoms in total. The third-order valence-electron chi connectivity index (χ3n) is 8.32. The summed E-state index contributed by atoms with van der Waals surface area (Å²) >= 11 is 0. The maximum Gasteiger partial charge on any atom is 0.255 e. The van der Waals surface area contributed by atoms with Gasteiger partial charge in [-0.25, -0.2) is 0 Å². The number of ketones is 2. The Morgan fingerprint density at radius 1 is 0.884 bits per heavy atom. The molecule has 0 aromatic heterocycles. The van der Waals surface area contributed by atoms with Crippen LogP contribution in [-0.4, -0.2) is 46.1 Å². The quantitative estimate of drug-likeness (QED) is 0.261. The average Bonchev–Trinajstić information content (AvgIpc) is 3.34. The molecule has 3 aromatic rings. The zero-order valence-electron chi connectivity index (χ0n) is 23.3. The van der Waals surface area contributed by atoms with Crippen molar-refractivity contribution in [2.24, 2.45) is 0 Å². The lowest BCUT2D eigenvalue weighted by Crippen LogP contribution is -2.52. The minimum absolute atomic E-state index is 0.0967. The number of imide groups is 1. The van der Waals surface area contributed by atoms with Crippen LogP contribution >= 0.6 is 0 Å². The minimum Gasteiger partial charge on any atom is -0.322 e. The second-order valence-electron chi connectivity index (χ2n) is 11.1. The monoisotopic (exact) mass is 575 g/mol. The standard InChI is InChI=1S/C34H29N3O6/c38-29-17-23(21-5-2-1-3-6-21)18-30(39)25(29)14-11-20-9-12-22(13-10-20)32(41)35-27-8-4-7-24-26(27)19-37(34(24)43)28-15-16-31(40)36-33(28)42/h1-10,12-14,23,28H,11,15-19H2,(H,35,41)(H,36,40,42). The highest BCUT2D eigenvalue weighted by Crippen LogP contribution is 2.33. The fraction of sp³-hybridized carbons (Fsp3) is 0.235. The number of Topliss-reactive ketones (excluding diaryl/α,β-unsaturated/α-hetero) is 2. The molecule has 43 heavy (non-hydrogen) atoms. The maximum absolute atomic E-state index is 13.1. The molecule has 0 radical (unpaired) electrons. The van der Waals surface area contributed by atoms with Gasteiger partial charge in [0.1, 0.15) is 6.04 Å². The van der Waals surface area contributed by atoms with Crippen LogP contribution in [0.4, 0.5) is 5.69 Å². The second-order valence-corrected chi connectivity index (χ2v) is 11.1. The van der Waals surface area contributed by atoms with Gasteiger partial charge < -0.3 is 10.2 Å². The van der Waals surface area contributed by atoms with Gasteiger partial charge >= 0.3 is 0 Å². The van der Waals surface area contributed by atoms with Gasteiger partial charge in [-0.2, -0.15) is 0 Å². The number of rotatable bonds is 6. The number of amides is 4. The molecule has 1 saturated heterocycles. The van der Waals surface area contributed by atoms with Crippen molar-refractivity contribution in [2.75, 3.05) is 5.32 Å². The Kier molecular flexibility index (Phi) is 7.54. The van der Waals surface area contributed by atoms with Crippen LogP contribution in [0, 0.1) is 0 Å². The Bertz CT molecular complexity index is 1670. The fourth-order valence-corrected chi connectivity index (χ4v) is 5.99. The molecular formula is C34H29N3O6. The first kappa shape index (κ1) is 28.0. The van der Waals surface area contributed by atoms with Gasteiger partial charge in [-0.05, 0) is 54.2 Å². The van der Waals surface area contributed by atoms with Crippen molar-refractivity contribution in [1.29, 1.82) is 0 Å². The SMILES string of the molecule is O=C1CCC(N2Cc3c(NC(=O)c4ccc(CC=C5C(=O)CC(c6ccccc6)CC5=O)cc4)cccc3C2=O)C(=O)N1. The minimum atomic E-state index is -0.742. The van der Waals surface area contributed by atoms with Gasteiger partial charge in [0.25, 0.3) is 11.8 Å². The highest BCUT2D eigenvalue weighted by Gasteiger charge is 2.40. The Balaban J connectivity index is 1.10. The Morgan fingerprint density at radius 3 is 2.30 bits per heavy atom. The number of anilines is 1. The smallest absolute Gasteiger partial charge is 0.255 e. The van der Waals surface area contributed by atoms with E-state index < -0.39 is 11.9 Å². The summed E-state index contributed by atoms with van der Waals surface area (Å²) in [7, 11) is 0. The lowest BCUT2D eigenvalue weighted by molar-refractivity contribution is -0.137. The number of nitrogens with one attached hydrogen (secondary N) is 2. The zero-order chi connectivity index (χ0) is 30.1. The van der Waals surface area contributed by atoms with E-state index in [1.165, 1.54) is 4.90 Å². The molecule has 1 aliphatic carbocycles. The van der Waals surface area contributed by atoms with E-state index in [4.69, 9.17) is 0 Å². The summed E-state index contributed by atoms with van der Waals surface area (Å²) in [4.78, 5) is 77.1. The predicted molar refractivity (Wildman–Crippen MR) is 157 cm³/mol. The normalized spacial score (nSPS) is 20.1. The van der Waals surface area contributed by atoms with E-state index >= 15 is 0 Å². The van der Waals surface area contributed by atoms with E-state index in [-0.39, 0.29) is 60.2 Å². The largest absolute Gasteiger partial charge is 0.322 e. The zero-order valence-corrected chi connectivity index (χ0v) is 23.3. The summed E-state index contributed by atoms with van der Waals surface area (Å²) in [6.07, 6.45) is 3.09. The first-order valence-electron chi connectivity index (χ1n) is 14.3. The van der Waals surface area contributed by atoms with Crippen LogP contribution in [0.3, 0.4) is 0 Å². The third-order valence-corrected chi connectivity index (χ3v) is 8.32. The van der Waals surface area contributed by atoms with E-state index in [0.29, 0.717) is 41.6 Å². The van der Waals surface area contributed by atoms with E-state index in [2.05, 4.69) is 10.6 Å². The number of hydrogen-bond donors (Lipinski definition) is 2. The van der Waals surface area contributed by atoms with Gasteiger partial charge in [-0.1, -0.05) is 54.6 Å². The molecule has 2 N–H and O–H groups in total. The third kappa shape index (κ3) is 5.66. The van der Waals surface area contributed by atoms with Crippen LogP contribution in [0.15, 0.2) is 84.4 Å². The van der Waals surface area contributed by atoms with E-state index in [1.54, 1.807) is 48.5 Å². The van der Waals surface area contributed by atoms with Gasteiger partial charge in [0.15, 0.2) is 11.6 Å². The topological polar surface area (TPSA) is 130 Å². The van der Waals surface area contributed by atoms with Crippen molar-refractivity contribution in [1.82, 2.24) is 10.2 Å². The van der Waals surface area contributed by atoms with E-state index in [1.807, 2.05) is 30.3 Å². The average molecular weight is 576 g/mol. The number of benzene rings is 3. The number of fused-ring (bicyclic) bond motifs is 1. The van der Waals surface area contributed by atoms with Crippen LogP contribution in [0.1, 0.15) is 69.0 Å². The number of allylic oxidation sites excluding steroid dienone is 2. The number of piperidine rings is 1. The highest BCUT2D eigenvalue weighted by atomic mass is 16.2. The summed E-state index contributed by atoms with van der Waals surface area (Å²) in [6, 6.07) is 20.8. The van der Waals surface area contributed by atoms with Gasteiger partial charge in [0, 0.05) is 48.2 Å². The van der Waals surface area contributed by atoms with Crippen molar-refractivity contribution in [3.05, 3.63) is 112 Å². The van der Waals surface area contributed by atoms with Crippen molar-refractivity contribution in [3.8, 4) is 0 Å². The molecule has 6 rings (SSSR count). The molecule has 216 valence electrons. The Morgan fingerprint density at radius 2 is 1.60 bits per heavy atom. The first-order chi connectivity index (χ1) is 20.8. The maximum atomic E-state index is 13.1. The lowest BCUT2D eigenvalue weighted by atomic mass is 9.79. The molecule has 2 fully saturated rings. The molecule has 9 heteroatoms. The van der Waals surface area contributed by atoms with Gasteiger partial charge in [-0.15, -0.1) is 0 Å². The van der Waals surface area contributed by atoms with Crippen LogP contribution in [-0.2, 0) is 32.1 Å². The Hall–Kier alpha value is -5.18. The van der Waals surface area contributed by atoms with Crippen molar-refractivity contribution >= 4 is 40.9 Å². The lowest BCUT2D eigenvalue weighted by Gasteiger charge is -2.29. The van der Waals surface area contributed by atoms with E-state index in [0.717, 1.165) is 11.1 Å². The van der Waals surface area contributed by atoms with Crippen molar-refractivity contribution in [3.63, 3.8) is 0 Å². The summed E-state index contributed by atoms with van der Waals surface area (Å²) in [5.74, 6) is -1.92. The highest BCUT2D eigenvalue weighted by molar-refractivity contribution is 6.22. The second kappa shape index (κ2) is 11.6. The molecule has 0 bridgehead atoms. The molecule has 3 aromatic carbocycles. The Labute approximate surface area is 248 Å². The van der Waals surface area contributed by atoms with Crippen LogP contribution in [0.5, 0.6) is 0 Å². The van der Waals surface area contributed by atoms with Crippen LogP contribution in [0.25, 0.3) is 0 Å². The molecular weight excluding hydrogens is 546 g/mol. The summed E-state index contributed by atoms with van der Waals surface area (Å²) in [5, 5.41) is 5.17. The van der Waals surface area contributed by atoms with Crippen LogP contribution < -0.4 is 10.6 Å². The molecule has 2 aliphatic heterocycles. The molecule has 4 amide bonds. The van der Waals surface area contributed by atoms with Crippen LogP contribution in [0.2, 0.25) is 0 Å². The first-order valence-corrected chi connectivity index (χ1v) is 14.3. The summed E-state index contributed by atoms with van der Waals surface area (Å²) in [6.45, 7) is 0.147. The fourth-order valence-electron chi connectivity index (χ4n) is 5.99. The van der Waals surface area contributed by atoms with Crippen molar-refractivity contribution in [2.45, 2.75) is 50.6 Å². The molecule has 1 atom stereocenters. The molecule has 1 unspecified atom stereocenters. The van der Waals surface area contributed by atoms with Gasteiger partial charge in [0.05, 0.1) is 5.57 Å². The van der Waals surface area contributed by atoms with Crippen molar-refractivity contribution < 1.29 is 28.8 Å². The van der Waals surface area contributed by atoms with Gasteiger partial charge in [0.2, 0.25) is 11.8 Å². The molecule has 1 saturated carbocycles. The predicted octanol–water partition coefficient (Wildman–Crippen LogP) is 3.88. The molecule has 2 heterocycles. The molecule has 3 aliphatic rings.